The summed E-state index contributed by atoms with van der Waals surface area (Å²) in [4.78, 5) is 29.4. The Kier molecular flexibility index (Phi) is 7.96. The first-order valence-corrected chi connectivity index (χ1v) is 12.4. The lowest BCUT2D eigenvalue weighted by Gasteiger charge is -2.41. The third-order valence-corrected chi connectivity index (χ3v) is 7.18. The molecule has 7 heteroatoms. The van der Waals surface area contributed by atoms with Crippen LogP contribution in [0.4, 0.5) is 14.5 Å². The van der Waals surface area contributed by atoms with Crippen LogP contribution < -0.4 is 5.32 Å². The molecule has 2 aliphatic rings. The number of carbonyl (C=O) groups excluding carboxylic acids is 2. The fourth-order valence-electron chi connectivity index (χ4n) is 5.13. The van der Waals surface area contributed by atoms with Crippen molar-refractivity contribution >= 4 is 23.6 Å². The van der Waals surface area contributed by atoms with Crippen molar-refractivity contribution < 1.29 is 18.4 Å². The zero-order chi connectivity index (χ0) is 24.9. The van der Waals surface area contributed by atoms with Crippen LogP contribution >= 0.6 is 0 Å². The molecule has 4 rings (SSSR count). The van der Waals surface area contributed by atoms with Gasteiger partial charge in [0.15, 0.2) is 5.83 Å². The summed E-state index contributed by atoms with van der Waals surface area (Å²) in [7, 11) is 0. The smallest absolute Gasteiger partial charge is 0.284 e. The van der Waals surface area contributed by atoms with Crippen molar-refractivity contribution in [2.75, 3.05) is 25.0 Å². The van der Waals surface area contributed by atoms with Crippen molar-refractivity contribution in [3.63, 3.8) is 0 Å². The Morgan fingerprint density at radius 3 is 2.49 bits per heavy atom. The van der Waals surface area contributed by atoms with Crippen LogP contribution in [0, 0.1) is 18.7 Å². The van der Waals surface area contributed by atoms with Crippen LogP contribution in [0.3, 0.4) is 0 Å². The van der Waals surface area contributed by atoms with Crippen LogP contribution in [0.2, 0.25) is 0 Å². The second-order valence-electron chi connectivity index (χ2n) is 9.65. The molecule has 1 unspecified atom stereocenters. The molecule has 1 atom stereocenters. The Hall–Kier alpha value is -3.06. The van der Waals surface area contributed by atoms with E-state index in [4.69, 9.17) is 0 Å². The molecular formula is C28H33F2N3O2. The van der Waals surface area contributed by atoms with E-state index in [-0.39, 0.29) is 23.7 Å². The molecule has 1 saturated carbocycles. The van der Waals surface area contributed by atoms with Gasteiger partial charge < -0.3 is 10.2 Å². The van der Waals surface area contributed by atoms with E-state index in [9.17, 15) is 18.4 Å². The average Bonchev–Trinajstić information content (AvgIpc) is 3.39. The molecular weight excluding hydrogens is 448 g/mol. The number of nitrogens with zero attached hydrogens (tertiary/aromatic N) is 2. The van der Waals surface area contributed by atoms with E-state index in [0.29, 0.717) is 48.6 Å². The van der Waals surface area contributed by atoms with Crippen LogP contribution in [0.1, 0.15) is 49.3 Å². The maximum absolute atomic E-state index is 14.8. The number of amides is 2. The molecule has 0 radical (unpaired) electrons. The molecule has 2 fully saturated rings. The molecule has 1 saturated heterocycles. The van der Waals surface area contributed by atoms with Gasteiger partial charge in [-0.15, -0.1) is 0 Å². The molecule has 1 N–H and O–H groups in total. The highest BCUT2D eigenvalue weighted by Crippen LogP contribution is 2.29. The van der Waals surface area contributed by atoms with Gasteiger partial charge in [0, 0.05) is 49.4 Å². The largest absolute Gasteiger partial charge is 0.337 e. The highest BCUT2D eigenvalue weighted by molar-refractivity contribution is 6.05. The molecule has 0 spiro atoms. The van der Waals surface area contributed by atoms with E-state index in [1.165, 1.54) is 18.2 Å². The van der Waals surface area contributed by atoms with Crippen LogP contribution in [-0.4, -0.2) is 47.3 Å². The number of halogens is 2. The summed E-state index contributed by atoms with van der Waals surface area (Å²) in [6.07, 6.45) is 5.39. The van der Waals surface area contributed by atoms with E-state index in [1.54, 1.807) is 31.2 Å². The van der Waals surface area contributed by atoms with Gasteiger partial charge in [-0.25, -0.2) is 8.78 Å². The van der Waals surface area contributed by atoms with Gasteiger partial charge >= 0.3 is 0 Å². The van der Waals surface area contributed by atoms with Crippen LogP contribution in [0.5, 0.6) is 0 Å². The Bertz CT molecular complexity index is 1100. The third-order valence-electron chi connectivity index (χ3n) is 7.18. The van der Waals surface area contributed by atoms with E-state index < -0.39 is 11.7 Å². The van der Waals surface area contributed by atoms with E-state index in [1.807, 2.05) is 17.9 Å². The lowest BCUT2D eigenvalue weighted by Crippen LogP contribution is -2.54. The predicted molar refractivity (Wildman–Crippen MR) is 134 cm³/mol. The quantitative estimate of drug-likeness (QED) is 0.570. The number of nitrogens with one attached hydrogen (secondary N) is 1. The summed E-state index contributed by atoms with van der Waals surface area (Å²) in [5.74, 6) is -1.74. The first-order valence-electron chi connectivity index (χ1n) is 12.4. The number of anilines is 1. The SMILES string of the molecule is Cc1c(NC(=O)/C(F)=C\c2ccccc2)ccc(F)c1CN1CCN(C(=O)C2CCCC2)C(C)C1. The molecule has 2 aromatic rings. The van der Waals surface area contributed by atoms with E-state index in [2.05, 4.69) is 10.2 Å². The predicted octanol–water partition coefficient (Wildman–Crippen LogP) is 5.31. The maximum Gasteiger partial charge on any atom is 0.284 e. The van der Waals surface area contributed by atoms with Gasteiger partial charge in [0.1, 0.15) is 5.82 Å². The number of hydrogen-bond acceptors (Lipinski definition) is 3. The van der Waals surface area contributed by atoms with Gasteiger partial charge in [-0.2, -0.15) is 0 Å². The van der Waals surface area contributed by atoms with E-state index >= 15 is 0 Å². The van der Waals surface area contributed by atoms with Gasteiger partial charge in [0.05, 0.1) is 0 Å². The van der Waals surface area contributed by atoms with Crippen molar-refractivity contribution in [2.24, 2.45) is 5.92 Å². The zero-order valence-corrected chi connectivity index (χ0v) is 20.4. The number of carbonyl (C=O) groups is 2. The van der Waals surface area contributed by atoms with Crippen LogP contribution in [-0.2, 0) is 16.1 Å². The second kappa shape index (κ2) is 11.1. The lowest BCUT2D eigenvalue weighted by atomic mass is 10.0. The molecule has 5 nitrogen and oxygen atoms in total. The Morgan fingerprint density at radius 1 is 1.09 bits per heavy atom. The number of rotatable bonds is 6. The van der Waals surface area contributed by atoms with Crippen molar-refractivity contribution in [3.8, 4) is 0 Å². The zero-order valence-electron chi connectivity index (χ0n) is 20.4. The molecule has 186 valence electrons. The Balaban J connectivity index is 1.41. The molecule has 1 aliphatic heterocycles. The fourth-order valence-corrected chi connectivity index (χ4v) is 5.13. The second-order valence-corrected chi connectivity index (χ2v) is 9.65. The summed E-state index contributed by atoms with van der Waals surface area (Å²) in [6.45, 7) is 6.08. The Labute approximate surface area is 205 Å². The lowest BCUT2D eigenvalue weighted by molar-refractivity contribution is -0.140. The fraction of sp³-hybridized carbons (Fsp3) is 0.429. The number of piperazine rings is 1. The van der Waals surface area contributed by atoms with Crippen molar-refractivity contribution in [2.45, 2.75) is 52.1 Å². The normalized spacial score (nSPS) is 19.7. The van der Waals surface area contributed by atoms with Gasteiger partial charge in [-0.05, 0) is 56.0 Å². The van der Waals surface area contributed by atoms with Gasteiger partial charge in [0.2, 0.25) is 5.91 Å². The Morgan fingerprint density at radius 2 is 1.80 bits per heavy atom. The minimum absolute atomic E-state index is 0.0559. The monoisotopic (exact) mass is 481 g/mol. The summed E-state index contributed by atoms with van der Waals surface area (Å²) in [5, 5.41) is 2.58. The molecule has 1 aliphatic carbocycles. The van der Waals surface area contributed by atoms with Crippen LogP contribution in [0.15, 0.2) is 48.3 Å². The number of hydrogen-bond donors (Lipinski definition) is 1. The summed E-state index contributed by atoms with van der Waals surface area (Å²) in [5.41, 5.74) is 2.00. The first kappa shape index (κ1) is 25.0. The molecule has 1 heterocycles. The van der Waals surface area contributed by atoms with Crippen LogP contribution in [0.25, 0.3) is 6.08 Å². The minimum Gasteiger partial charge on any atom is -0.337 e. The first-order chi connectivity index (χ1) is 16.8. The van der Waals surface area contributed by atoms with Gasteiger partial charge in [0.25, 0.3) is 5.91 Å². The highest BCUT2D eigenvalue weighted by atomic mass is 19.1. The van der Waals surface area contributed by atoms with Crippen molar-refractivity contribution in [1.82, 2.24) is 9.80 Å². The molecule has 0 bridgehead atoms. The van der Waals surface area contributed by atoms with Gasteiger partial charge in [-0.1, -0.05) is 43.2 Å². The highest BCUT2D eigenvalue weighted by Gasteiger charge is 2.33. The average molecular weight is 482 g/mol. The minimum atomic E-state index is -0.918. The molecule has 0 aromatic heterocycles. The topological polar surface area (TPSA) is 52.7 Å². The summed E-state index contributed by atoms with van der Waals surface area (Å²) in [6, 6.07) is 11.6. The standard InChI is InChI=1S/C28H33F2N3O2/c1-19-17-32(14-15-33(19)28(35)22-10-6-7-11-22)18-23-20(2)26(13-12-24(23)29)31-27(34)25(30)16-21-8-4-3-5-9-21/h3-5,8-9,12-13,16,19,22H,6-7,10-11,14-15,17-18H2,1-2H3,(H,31,34)/b25-16+. The van der Waals surface area contributed by atoms with Gasteiger partial charge in [-0.3, -0.25) is 14.5 Å². The van der Waals surface area contributed by atoms with E-state index in [0.717, 1.165) is 25.7 Å². The van der Waals surface area contributed by atoms with Crippen molar-refractivity contribution in [1.29, 1.82) is 0 Å². The molecule has 35 heavy (non-hydrogen) atoms. The summed E-state index contributed by atoms with van der Waals surface area (Å²) >= 11 is 0. The summed E-state index contributed by atoms with van der Waals surface area (Å²) < 4.78 is 29.2. The molecule has 2 aromatic carbocycles. The van der Waals surface area contributed by atoms with Crippen molar-refractivity contribution in [3.05, 3.63) is 70.8 Å². The maximum atomic E-state index is 14.8. The third kappa shape index (κ3) is 5.96. The molecule has 2 amide bonds. The number of benzene rings is 2.